The maximum absolute atomic E-state index is 14.1. The summed E-state index contributed by atoms with van der Waals surface area (Å²) in [4.78, 5) is 26.9. The van der Waals surface area contributed by atoms with E-state index in [4.69, 9.17) is 9.84 Å². The summed E-state index contributed by atoms with van der Waals surface area (Å²) in [5.41, 5.74) is 1.62. The number of likely N-dealkylation sites (tertiary alicyclic amines) is 1. The predicted octanol–water partition coefficient (Wildman–Crippen LogP) is 4.04. The number of nitrogens with zero attached hydrogens (tertiary/aromatic N) is 6. The summed E-state index contributed by atoms with van der Waals surface area (Å²) in [7, 11) is 0. The molecule has 36 heavy (non-hydrogen) atoms. The van der Waals surface area contributed by atoms with E-state index in [9.17, 15) is 22.4 Å². The second-order valence-electron chi connectivity index (χ2n) is 8.48. The topological polar surface area (TPSA) is 85.5 Å². The van der Waals surface area contributed by atoms with E-state index in [-0.39, 0.29) is 23.8 Å². The van der Waals surface area contributed by atoms with Gasteiger partial charge in [0.05, 0.1) is 28.8 Å². The first-order chi connectivity index (χ1) is 17.4. The fourth-order valence-corrected chi connectivity index (χ4v) is 4.66. The summed E-state index contributed by atoms with van der Waals surface area (Å²) in [6, 6.07) is 0.00385. The van der Waals surface area contributed by atoms with Crippen molar-refractivity contribution in [2.75, 3.05) is 13.1 Å². The van der Waals surface area contributed by atoms with Gasteiger partial charge in [-0.2, -0.15) is 13.9 Å². The molecule has 1 fully saturated rings. The third-order valence-electron chi connectivity index (χ3n) is 6.37. The van der Waals surface area contributed by atoms with Crippen molar-refractivity contribution in [1.82, 2.24) is 24.6 Å². The number of aromatic nitrogens is 4. The Hall–Kier alpha value is -4.35. The Morgan fingerprint density at radius 3 is 2.69 bits per heavy atom. The quantitative estimate of drug-likeness (QED) is 0.309. The summed E-state index contributed by atoms with van der Waals surface area (Å²) >= 11 is 0. The van der Waals surface area contributed by atoms with Crippen molar-refractivity contribution < 1.29 is 27.1 Å². The van der Waals surface area contributed by atoms with Crippen molar-refractivity contribution in [1.29, 1.82) is 0 Å². The average molecular weight is 496 g/mol. The number of rotatable bonds is 4. The van der Waals surface area contributed by atoms with Gasteiger partial charge < -0.3 is 9.64 Å². The van der Waals surface area contributed by atoms with Crippen LogP contribution in [-0.4, -0.2) is 49.4 Å². The third kappa shape index (κ3) is 3.32. The van der Waals surface area contributed by atoms with Crippen LogP contribution in [-0.2, 0) is 4.79 Å². The van der Waals surface area contributed by atoms with E-state index in [2.05, 4.69) is 21.5 Å². The molecule has 2 aliphatic heterocycles. The Morgan fingerprint density at radius 2 is 1.94 bits per heavy atom. The normalized spacial score (nSPS) is 20.3. The van der Waals surface area contributed by atoms with Crippen LogP contribution in [0, 0.1) is 23.3 Å². The van der Waals surface area contributed by atoms with Crippen LogP contribution in [0.1, 0.15) is 24.1 Å². The number of fused-ring (bicyclic) bond motifs is 2. The molecule has 0 bridgehead atoms. The number of aliphatic imine (C=N–C) groups is 1. The molecule has 0 spiro atoms. The molecule has 2 atom stereocenters. The van der Waals surface area contributed by atoms with Gasteiger partial charge in [0.2, 0.25) is 23.3 Å². The molecule has 2 aromatic heterocycles. The molecule has 12 heteroatoms. The van der Waals surface area contributed by atoms with Gasteiger partial charge in [-0.25, -0.2) is 28.4 Å². The second kappa shape index (κ2) is 8.11. The first-order valence-corrected chi connectivity index (χ1v) is 11.0. The van der Waals surface area contributed by atoms with Gasteiger partial charge in [-0.1, -0.05) is 12.7 Å². The highest BCUT2D eigenvalue weighted by atomic mass is 19.2. The summed E-state index contributed by atoms with van der Waals surface area (Å²) in [5, 5.41) is 5.45. The first kappa shape index (κ1) is 22.1. The molecule has 1 aliphatic carbocycles. The smallest absolute Gasteiger partial charge is 0.246 e. The Bertz CT molecular complexity index is 1530. The molecule has 4 heterocycles. The largest absolute Gasteiger partial charge is 0.451 e. The van der Waals surface area contributed by atoms with E-state index in [0.29, 0.717) is 47.8 Å². The van der Waals surface area contributed by atoms with Gasteiger partial charge in [-0.05, 0) is 18.6 Å². The van der Waals surface area contributed by atoms with E-state index in [1.54, 1.807) is 15.7 Å². The van der Waals surface area contributed by atoms with Crippen LogP contribution in [0.15, 0.2) is 54.0 Å². The minimum absolute atomic E-state index is 0.0737. The van der Waals surface area contributed by atoms with Crippen LogP contribution in [0.25, 0.3) is 11.0 Å². The predicted molar refractivity (Wildman–Crippen MR) is 120 cm³/mol. The monoisotopic (exact) mass is 496 g/mol. The van der Waals surface area contributed by atoms with E-state index < -0.39 is 34.9 Å². The standard InChI is InChI=1S/C24H16F4N6O2/c1-2-17(35)33-6-5-11(9-33)34-24-18-21(32-34)13-4-3-12(7-16(13)31-23(18)29-10-30-24)36-22-19(27)14(25)8-15(26)20(22)28/h2-4,7-8,10-11,13H,1,5-6,9H2. The van der Waals surface area contributed by atoms with Crippen molar-refractivity contribution in [3.63, 3.8) is 0 Å². The molecule has 3 aromatic rings. The zero-order valence-electron chi connectivity index (χ0n) is 18.5. The fraction of sp³-hybridized carbons (Fsp3) is 0.208. The summed E-state index contributed by atoms with van der Waals surface area (Å²) in [6.45, 7) is 4.55. The number of hydrogen-bond donors (Lipinski definition) is 0. The van der Waals surface area contributed by atoms with Crippen LogP contribution >= 0.6 is 0 Å². The van der Waals surface area contributed by atoms with Gasteiger partial charge in [0.1, 0.15) is 12.1 Å². The van der Waals surface area contributed by atoms with E-state index in [1.165, 1.54) is 24.6 Å². The molecule has 0 radical (unpaired) electrons. The highest BCUT2D eigenvalue weighted by molar-refractivity contribution is 6.10. The molecule has 0 saturated carbocycles. The van der Waals surface area contributed by atoms with Crippen LogP contribution in [0.2, 0.25) is 0 Å². The molecule has 8 nitrogen and oxygen atoms in total. The van der Waals surface area contributed by atoms with Gasteiger partial charge >= 0.3 is 0 Å². The summed E-state index contributed by atoms with van der Waals surface area (Å²) in [5.74, 6) is -7.94. The lowest BCUT2D eigenvalue weighted by Crippen LogP contribution is -2.27. The molecule has 2 unspecified atom stereocenters. The Balaban J connectivity index is 1.35. The molecule has 6 rings (SSSR count). The fourth-order valence-electron chi connectivity index (χ4n) is 4.66. The van der Waals surface area contributed by atoms with Gasteiger partial charge in [0.25, 0.3) is 0 Å². The molecule has 3 aliphatic rings. The number of halogens is 4. The Morgan fingerprint density at radius 1 is 1.17 bits per heavy atom. The van der Waals surface area contributed by atoms with E-state index in [1.807, 2.05) is 0 Å². The highest BCUT2D eigenvalue weighted by Crippen LogP contribution is 2.41. The van der Waals surface area contributed by atoms with Crippen molar-refractivity contribution in [3.8, 4) is 5.75 Å². The van der Waals surface area contributed by atoms with Gasteiger partial charge in [0.15, 0.2) is 23.1 Å². The lowest BCUT2D eigenvalue weighted by atomic mass is 9.91. The molecular weight excluding hydrogens is 480 g/mol. The lowest BCUT2D eigenvalue weighted by molar-refractivity contribution is -0.125. The number of amides is 1. The minimum Gasteiger partial charge on any atom is -0.451 e. The summed E-state index contributed by atoms with van der Waals surface area (Å²) < 4.78 is 62.3. The van der Waals surface area contributed by atoms with Crippen LogP contribution in [0.3, 0.4) is 0 Å². The number of carbonyl (C=O) groups is 1. The van der Waals surface area contributed by atoms with Crippen LogP contribution in [0.5, 0.6) is 5.75 Å². The SMILES string of the molecule is C=CC(=O)N1CCC(n2nc3c4c(ncnc42)N=C2C=C(Oc4c(F)c(F)cc(F)c4F)C=CC23)C1. The third-order valence-corrected chi connectivity index (χ3v) is 6.37. The van der Waals surface area contributed by atoms with Crippen LogP contribution in [0.4, 0.5) is 23.4 Å². The van der Waals surface area contributed by atoms with Gasteiger partial charge in [0, 0.05) is 25.2 Å². The minimum atomic E-state index is -1.64. The van der Waals surface area contributed by atoms with Gasteiger partial charge in [-0.3, -0.25) is 4.79 Å². The number of hydrogen-bond acceptors (Lipinski definition) is 6. The molecule has 0 N–H and O–H groups in total. The van der Waals surface area contributed by atoms with E-state index in [0.717, 1.165) is 0 Å². The zero-order chi connectivity index (χ0) is 25.1. The molecule has 1 aromatic carbocycles. The average Bonchev–Trinajstić information content (AvgIpc) is 3.51. The number of carbonyl (C=O) groups excluding carboxylic acids is 1. The van der Waals surface area contributed by atoms with Crippen LogP contribution < -0.4 is 4.74 Å². The number of allylic oxidation sites excluding steroid dienone is 3. The van der Waals surface area contributed by atoms with Crippen molar-refractivity contribution in [3.05, 3.63) is 78.0 Å². The van der Waals surface area contributed by atoms with Crippen molar-refractivity contribution >= 4 is 28.5 Å². The maximum atomic E-state index is 14.1. The number of benzene rings is 1. The van der Waals surface area contributed by atoms with Gasteiger partial charge in [-0.15, -0.1) is 0 Å². The second-order valence-corrected chi connectivity index (χ2v) is 8.48. The Kier molecular flexibility index (Phi) is 4.99. The zero-order valence-corrected chi connectivity index (χ0v) is 18.5. The van der Waals surface area contributed by atoms with Crippen molar-refractivity contribution in [2.45, 2.75) is 18.4 Å². The maximum Gasteiger partial charge on any atom is 0.246 e. The summed E-state index contributed by atoms with van der Waals surface area (Å²) in [6.07, 6.45) is 7.80. The van der Waals surface area contributed by atoms with E-state index >= 15 is 0 Å². The molecule has 1 saturated heterocycles. The highest BCUT2D eigenvalue weighted by Gasteiger charge is 2.35. The number of ether oxygens (including phenoxy) is 1. The molecule has 1 amide bonds. The molecule has 182 valence electrons. The Labute approximate surface area is 200 Å². The first-order valence-electron chi connectivity index (χ1n) is 11.0. The lowest BCUT2D eigenvalue weighted by Gasteiger charge is -2.21. The molecular formula is C24H16F4N6O2. The van der Waals surface area contributed by atoms with Crippen molar-refractivity contribution in [2.24, 2.45) is 4.99 Å².